The fourth-order valence-corrected chi connectivity index (χ4v) is 1.73. The number of fused-ring (bicyclic) bond motifs is 1. The van der Waals surface area contributed by atoms with Crippen molar-refractivity contribution in [1.29, 1.82) is 0 Å². The standard InChI is InChI=1S/C9H14O4/c1-4-5-6(10)7-8(11-5)13-9(2,3)12-7/h5,7-8H,4H2,1-3H3/t5-,7+,8-/m1/s1. The van der Waals surface area contributed by atoms with Gasteiger partial charge in [0.25, 0.3) is 0 Å². The topological polar surface area (TPSA) is 44.8 Å². The highest BCUT2D eigenvalue weighted by Crippen LogP contribution is 2.35. The van der Waals surface area contributed by atoms with E-state index in [0.29, 0.717) is 6.42 Å². The number of Topliss-reactive ketones (excluding diaryl/α,β-unsaturated/α-hetero) is 1. The molecule has 3 atom stereocenters. The lowest BCUT2D eigenvalue weighted by Gasteiger charge is -2.19. The molecule has 13 heavy (non-hydrogen) atoms. The van der Waals surface area contributed by atoms with Gasteiger partial charge in [0.15, 0.2) is 24.0 Å². The summed E-state index contributed by atoms with van der Waals surface area (Å²) < 4.78 is 16.2. The lowest BCUT2D eigenvalue weighted by Crippen LogP contribution is -2.29. The number of ether oxygens (including phenoxy) is 3. The second kappa shape index (κ2) is 2.77. The number of hydrogen-bond donors (Lipinski definition) is 0. The van der Waals surface area contributed by atoms with E-state index >= 15 is 0 Å². The van der Waals surface area contributed by atoms with Crippen LogP contribution in [-0.2, 0) is 19.0 Å². The van der Waals surface area contributed by atoms with Crippen LogP contribution in [0.3, 0.4) is 0 Å². The van der Waals surface area contributed by atoms with Gasteiger partial charge in [0.05, 0.1) is 0 Å². The molecule has 0 radical (unpaired) electrons. The van der Waals surface area contributed by atoms with E-state index in [-0.39, 0.29) is 11.9 Å². The van der Waals surface area contributed by atoms with Gasteiger partial charge in [-0.1, -0.05) is 6.92 Å². The smallest absolute Gasteiger partial charge is 0.195 e. The number of rotatable bonds is 1. The van der Waals surface area contributed by atoms with Crippen LogP contribution in [0.4, 0.5) is 0 Å². The van der Waals surface area contributed by atoms with Crippen LogP contribution in [-0.4, -0.2) is 30.1 Å². The van der Waals surface area contributed by atoms with Gasteiger partial charge in [-0.3, -0.25) is 4.79 Å². The Morgan fingerprint density at radius 2 is 2.08 bits per heavy atom. The van der Waals surface area contributed by atoms with Crippen LogP contribution in [0.15, 0.2) is 0 Å². The van der Waals surface area contributed by atoms with Crippen LogP contribution in [0, 0.1) is 0 Å². The summed E-state index contributed by atoms with van der Waals surface area (Å²) in [5.74, 6) is -0.679. The predicted molar refractivity (Wildman–Crippen MR) is 44.0 cm³/mol. The molecule has 0 saturated carbocycles. The van der Waals surface area contributed by atoms with Crippen LogP contribution in [0.1, 0.15) is 27.2 Å². The molecule has 0 amide bonds. The van der Waals surface area contributed by atoms with Gasteiger partial charge in [0.1, 0.15) is 6.10 Å². The van der Waals surface area contributed by atoms with Crippen molar-refractivity contribution in [2.45, 2.75) is 51.5 Å². The molecule has 2 saturated heterocycles. The van der Waals surface area contributed by atoms with E-state index in [1.54, 1.807) is 13.8 Å². The van der Waals surface area contributed by atoms with E-state index in [1.807, 2.05) is 6.92 Å². The molecule has 4 heteroatoms. The van der Waals surface area contributed by atoms with Gasteiger partial charge in [-0.05, 0) is 20.3 Å². The molecule has 4 nitrogen and oxygen atoms in total. The van der Waals surface area contributed by atoms with Gasteiger partial charge in [-0.2, -0.15) is 0 Å². The minimum atomic E-state index is -0.691. The van der Waals surface area contributed by atoms with Crippen LogP contribution in [0.2, 0.25) is 0 Å². The Labute approximate surface area is 77.1 Å². The highest BCUT2D eigenvalue weighted by molar-refractivity contribution is 5.89. The fourth-order valence-electron chi connectivity index (χ4n) is 1.73. The number of hydrogen-bond acceptors (Lipinski definition) is 4. The van der Waals surface area contributed by atoms with Gasteiger partial charge >= 0.3 is 0 Å². The van der Waals surface area contributed by atoms with Gasteiger partial charge in [0, 0.05) is 0 Å². The van der Waals surface area contributed by atoms with Crippen molar-refractivity contribution in [3.05, 3.63) is 0 Å². The molecule has 2 fully saturated rings. The van der Waals surface area contributed by atoms with Gasteiger partial charge in [-0.25, -0.2) is 0 Å². The van der Waals surface area contributed by atoms with Crippen molar-refractivity contribution in [1.82, 2.24) is 0 Å². The third kappa shape index (κ3) is 1.39. The Kier molecular flexibility index (Phi) is 1.94. The summed E-state index contributed by atoms with van der Waals surface area (Å²) in [6.07, 6.45) is -0.669. The Morgan fingerprint density at radius 1 is 1.38 bits per heavy atom. The summed E-state index contributed by atoms with van der Waals surface area (Å²) in [5.41, 5.74) is 0. The lowest BCUT2D eigenvalue weighted by molar-refractivity contribution is -0.204. The summed E-state index contributed by atoms with van der Waals surface area (Å²) in [4.78, 5) is 11.6. The van der Waals surface area contributed by atoms with Crippen LogP contribution < -0.4 is 0 Å². The van der Waals surface area contributed by atoms with E-state index in [0.717, 1.165) is 0 Å². The molecule has 2 heterocycles. The first-order valence-corrected chi connectivity index (χ1v) is 4.58. The first kappa shape index (κ1) is 9.12. The largest absolute Gasteiger partial charge is 0.338 e. The number of ketones is 1. The third-order valence-electron chi connectivity index (χ3n) is 2.32. The molecule has 2 aliphatic rings. The zero-order valence-corrected chi connectivity index (χ0v) is 8.07. The normalized spacial score (nSPS) is 42.4. The zero-order valence-electron chi connectivity index (χ0n) is 8.07. The molecule has 2 rings (SSSR count). The maximum Gasteiger partial charge on any atom is 0.195 e. The molecule has 0 N–H and O–H groups in total. The molecular weight excluding hydrogens is 172 g/mol. The summed E-state index contributed by atoms with van der Waals surface area (Å²) in [6, 6.07) is 0. The average molecular weight is 186 g/mol. The second-order valence-electron chi connectivity index (χ2n) is 3.86. The first-order valence-electron chi connectivity index (χ1n) is 4.58. The molecule has 0 unspecified atom stereocenters. The van der Waals surface area contributed by atoms with Crippen molar-refractivity contribution < 1.29 is 19.0 Å². The summed E-state index contributed by atoms with van der Waals surface area (Å²) >= 11 is 0. The van der Waals surface area contributed by atoms with E-state index in [2.05, 4.69) is 0 Å². The van der Waals surface area contributed by atoms with E-state index in [1.165, 1.54) is 0 Å². The Bertz CT molecular complexity index is 236. The lowest BCUT2D eigenvalue weighted by atomic mass is 10.1. The summed E-state index contributed by atoms with van der Waals surface area (Å²) in [6.45, 7) is 5.47. The SMILES string of the molecule is CC[C@H]1O[C@@H]2OC(C)(C)O[C@H]2C1=O. The van der Waals surface area contributed by atoms with Crippen LogP contribution in [0.25, 0.3) is 0 Å². The van der Waals surface area contributed by atoms with E-state index in [4.69, 9.17) is 14.2 Å². The minimum Gasteiger partial charge on any atom is -0.338 e. The molecule has 0 aliphatic carbocycles. The number of carbonyl (C=O) groups excluding carboxylic acids is 1. The maximum absolute atomic E-state index is 11.6. The van der Waals surface area contributed by atoms with Crippen LogP contribution in [0.5, 0.6) is 0 Å². The third-order valence-corrected chi connectivity index (χ3v) is 2.32. The Balaban J connectivity index is 2.11. The van der Waals surface area contributed by atoms with Gasteiger partial charge < -0.3 is 14.2 Å². The zero-order chi connectivity index (χ0) is 9.64. The quantitative estimate of drug-likeness (QED) is 0.608. The molecule has 0 spiro atoms. The molecule has 74 valence electrons. The average Bonchev–Trinajstić information content (AvgIpc) is 2.47. The van der Waals surface area contributed by atoms with Gasteiger partial charge in [-0.15, -0.1) is 0 Å². The molecule has 0 aromatic heterocycles. The number of carbonyl (C=O) groups is 1. The summed E-state index contributed by atoms with van der Waals surface area (Å²) in [7, 11) is 0. The van der Waals surface area contributed by atoms with Crippen molar-refractivity contribution in [3.8, 4) is 0 Å². The predicted octanol–water partition coefficient (Wildman–Crippen LogP) is 0.842. The summed E-state index contributed by atoms with van der Waals surface area (Å²) in [5, 5.41) is 0. The van der Waals surface area contributed by atoms with E-state index < -0.39 is 18.2 Å². The highest BCUT2D eigenvalue weighted by Gasteiger charge is 2.53. The maximum atomic E-state index is 11.6. The van der Waals surface area contributed by atoms with Crippen LogP contribution >= 0.6 is 0 Å². The van der Waals surface area contributed by atoms with E-state index in [9.17, 15) is 4.79 Å². The highest BCUT2D eigenvalue weighted by atomic mass is 16.8. The molecule has 0 bridgehead atoms. The molecule has 2 aliphatic heterocycles. The molecule has 0 aromatic rings. The van der Waals surface area contributed by atoms with Crippen molar-refractivity contribution >= 4 is 5.78 Å². The van der Waals surface area contributed by atoms with Crippen molar-refractivity contribution in [3.63, 3.8) is 0 Å². The fraction of sp³-hybridized carbons (Fsp3) is 0.889. The Hall–Kier alpha value is -0.450. The van der Waals surface area contributed by atoms with Crippen molar-refractivity contribution in [2.24, 2.45) is 0 Å². The molecule has 0 aromatic carbocycles. The Morgan fingerprint density at radius 3 is 2.62 bits per heavy atom. The molecular formula is C9H14O4. The second-order valence-corrected chi connectivity index (χ2v) is 3.86. The van der Waals surface area contributed by atoms with Crippen molar-refractivity contribution in [2.75, 3.05) is 0 Å². The monoisotopic (exact) mass is 186 g/mol. The minimum absolute atomic E-state index is 0.0121. The first-order chi connectivity index (χ1) is 6.03. The van der Waals surface area contributed by atoms with Gasteiger partial charge in [0.2, 0.25) is 0 Å².